The van der Waals surface area contributed by atoms with Crippen LogP contribution in [-0.4, -0.2) is 180 Å². The molecule has 0 spiro atoms. The van der Waals surface area contributed by atoms with Crippen LogP contribution in [0.3, 0.4) is 0 Å². The van der Waals surface area contributed by atoms with E-state index in [1.165, 1.54) is 43.3 Å². The van der Waals surface area contributed by atoms with E-state index in [-0.39, 0.29) is 30.1 Å². The number of hydrogen-bond acceptors (Lipinski definition) is 21. The summed E-state index contributed by atoms with van der Waals surface area (Å²) >= 11 is 0. The number of benzene rings is 2. The predicted octanol–water partition coefficient (Wildman–Crippen LogP) is -2.62. The van der Waals surface area contributed by atoms with Crippen molar-refractivity contribution in [1.82, 2.24) is 0 Å². The fraction of sp³-hybridized carbons (Fsp3) is 0.568. The molecule has 2 aromatic carbocycles. The zero-order chi connectivity index (χ0) is 42.4. The third kappa shape index (κ3) is 10.5. The lowest BCUT2D eigenvalue weighted by atomic mass is 9.96. The van der Waals surface area contributed by atoms with Crippen molar-refractivity contribution in [2.24, 2.45) is 0 Å². The Kier molecular flexibility index (Phi) is 15.2. The molecule has 0 amide bonds. The molecule has 3 heterocycles. The molecular weight excluding hydrogens is 780 g/mol. The van der Waals surface area contributed by atoms with E-state index in [0.29, 0.717) is 5.56 Å². The van der Waals surface area contributed by atoms with Gasteiger partial charge in [0.05, 0.1) is 25.9 Å². The molecule has 0 aromatic heterocycles. The van der Waals surface area contributed by atoms with E-state index in [4.69, 9.17) is 37.9 Å². The van der Waals surface area contributed by atoms with E-state index in [1.807, 2.05) is 0 Å². The standard InChI is InChI=1S/C37H48O21/c1-15-31(57-36-29(49)27(47)26(46)23(13-38)54-36)28(48)30(50)35(52-15)58-33-32(56-25(45)8-5-17-3-6-19(41)21(43)11-17)24(14-39)55-37(34(33)53-16(2)40)51-10-9-18-4-7-20(42)22(44)12-18/h3-8,11-12,15,23-24,26-39,41-44,46-50H,9-10,13-14H2,1-2H3. The van der Waals surface area contributed by atoms with Crippen molar-refractivity contribution >= 4 is 18.0 Å². The number of aliphatic hydroxyl groups excluding tert-OH is 7. The van der Waals surface area contributed by atoms with E-state index in [2.05, 4.69) is 0 Å². The fourth-order valence-electron chi connectivity index (χ4n) is 6.57. The Balaban J connectivity index is 1.40. The lowest BCUT2D eigenvalue weighted by Crippen LogP contribution is -2.66. The Morgan fingerprint density at radius 2 is 1.26 bits per heavy atom. The summed E-state index contributed by atoms with van der Waals surface area (Å²) in [6.07, 6.45) is -22.5. The number of aromatic hydroxyl groups is 4. The molecule has 0 saturated carbocycles. The number of carbonyl (C=O) groups excluding carboxylic acids is 2. The molecule has 322 valence electrons. The second-order valence-corrected chi connectivity index (χ2v) is 13.8. The molecule has 21 heteroatoms. The Bertz CT molecular complexity index is 1720. The van der Waals surface area contributed by atoms with Gasteiger partial charge in [-0.05, 0) is 54.8 Å². The molecule has 3 aliphatic heterocycles. The largest absolute Gasteiger partial charge is 0.504 e. The first-order chi connectivity index (χ1) is 27.5. The molecule has 21 nitrogen and oxygen atoms in total. The van der Waals surface area contributed by atoms with Crippen molar-refractivity contribution in [3.63, 3.8) is 0 Å². The zero-order valence-electron chi connectivity index (χ0n) is 31.1. The summed E-state index contributed by atoms with van der Waals surface area (Å²) in [6.45, 7) is 0.647. The third-order valence-electron chi connectivity index (χ3n) is 9.66. The van der Waals surface area contributed by atoms with Gasteiger partial charge in [-0.3, -0.25) is 4.79 Å². The van der Waals surface area contributed by atoms with Gasteiger partial charge in [-0.1, -0.05) is 12.1 Å². The molecule has 0 aliphatic carbocycles. The van der Waals surface area contributed by atoms with Crippen molar-refractivity contribution in [3.05, 3.63) is 53.6 Å². The number of aliphatic hydroxyl groups is 7. The summed E-state index contributed by atoms with van der Waals surface area (Å²) < 4.78 is 46.1. The molecule has 58 heavy (non-hydrogen) atoms. The Morgan fingerprint density at radius 3 is 1.90 bits per heavy atom. The monoisotopic (exact) mass is 828 g/mol. The van der Waals surface area contributed by atoms with Crippen molar-refractivity contribution in [2.45, 2.75) is 112 Å². The zero-order valence-corrected chi connectivity index (χ0v) is 31.1. The van der Waals surface area contributed by atoms with E-state index in [9.17, 15) is 65.8 Å². The van der Waals surface area contributed by atoms with Crippen LogP contribution in [0.5, 0.6) is 23.0 Å². The van der Waals surface area contributed by atoms with Crippen LogP contribution in [0.4, 0.5) is 0 Å². The van der Waals surface area contributed by atoms with Crippen LogP contribution in [0.25, 0.3) is 6.08 Å². The first-order valence-corrected chi connectivity index (χ1v) is 18.1. The number of hydrogen-bond donors (Lipinski definition) is 11. The maximum Gasteiger partial charge on any atom is 0.331 e. The van der Waals surface area contributed by atoms with E-state index in [0.717, 1.165) is 19.1 Å². The lowest BCUT2D eigenvalue weighted by Gasteiger charge is -2.48. The first-order valence-electron chi connectivity index (χ1n) is 18.1. The van der Waals surface area contributed by atoms with Crippen LogP contribution < -0.4 is 0 Å². The number of rotatable bonds is 14. The van der Waals surface area contributed by atoms with Crippen LogP contribution in [0.2, 0.25) is 0 Å². The van der Waals surface area contributed by atoms with Gasteiger partial charge >= 0.3 is 11.9 Å². The van der Waals surface area contributed by atoms with E-state index >= 15 is 0 Å². The molecule has 3 saturated heterocycles. The van der Waals surface area contributed by atoms with Gasteiger partial charge in [-0.2, -0.15) is 0 Å². The molecule has 0 radical (unpaired) electrons. The molecule has 3 fully saturated rings. The summed E-state index contributed by atoms with van der Waals surface area (Å²) in [6, 6.07) is 7.78. The highest BCUT2D eigenvalue weighted by atomic mass is 16.8. The van der Waals surface area contributed by atoms with Gasteiger partial charge < -0.3 is 94.1 Å². The predicted molar refractivity (Wildman–Crippen MR) is 189 cm³/mol. The van der Waals surface area contributed by atoms with Crippen LogP contribution in [0, 0.1) is 0 Å². The molecule has 11 N–H and O–H groups in total. The third-order valence-corrected chi connectivity index (χ3v) is 9.66. The Labute approximate surface area is 330 Å². The van der Waals surface area contributed by atoms with Crippen molar-refractivity contribution in [2.75, 3.05) is 19.8 Å². The molecule has 15 unspecified atom stereocenters. The molecule has 5 rings (SSSR count). The number of esters is 2. The van der Waals surface area contributed by atoms with Crippen molar-refractivity contribution < 1.29 is 104 Å². The minimum Gasteiger partial charge on any atom is -0.504 e. The quantitative estimate of drug-likeness (QED) is 0.0527. The second kappa shape index (κ2) is 19.7. The maximum atomic E-state index is 13.2. The van der Waals surface area contributed by atoms with Gasteiger partial charge in [0.15, 0.2) is 54.1 Å². The van der Waals surface area contributed by atoms with Crippen LogP contribution in [0.1, 0.15) is 25.0 Å². The lowest BCUT2D eigenvalue weighted by molar-refractivity contribution is -0.376. The smallest absolute Gasteiger partial charge is 0.331 e. The number of phenolic OH excluding ortho intramolecular Hbond substituents is 4. The minimum atomic E-state index is -2.00. The van der Waals surface area contributed by atoms with Gasteiger partial charge in [-0.15, -0.1) is 0 Å². The summed E-state index contributed by atoms with van der Waals surface area (Å²) in [7, 11) is 0. The average Bonchev–Trinajstić information content (AvgIpc) is 3.18. The van der Waals surface area contributed by atoms with Crippen LogP contribution in [0.15, 0.2) is 42.5 Å². The maximum absolute atomic E-state index is 13.2. The van der Waals surface area contributed by atoms with Crippen molar-refractivity contribution in [1.29, 1.82) is 0 Å². The normalized spacial score (nSPS) is 35.4. The van der Waals surface area contributed by atoms with E-state index < -0.39 is 129 Å². The number of phenols is 4. The highest BCUT2D eigenvalue weighted by Gasteiger charge is 2.55. The van der Waals surface area contributed by atoms with Crippen molar-refractivity contribution in [3.8, 4) is 23.0 Å². The van der Waals surface area contributed by atoms with Gasteiger partial charge in [0.2, 0.25) is 0 Å². The molecular formula is C37H48O21. The molecule has 2 aromatic rings. The molecule has 0 bridgehead atoms. The van der Waals surface area contributed by atoms with Crippen LogP contribution in [-0.2, 0) is 53.9 Å². The number of ether oxygens (including phenoxy) is 8. The average molecular weight is 829 g/mol. The summed E-state index contributed by atoms with van der Waals surface area (Å²) in [5.41, 5.74) is 0.790. The fourth-order valence-corrected chi connectivity index (χ4v) is 6.57. The van der Waals surface area contributed by atoms with Gasteiger partial charge in [0.1, 0.15) is 54.9 Å². The summed E-state index contributed by atoms with van der Waals surface area (Å²) in [5, 5.41) is 112. The SMILES string of the molecule is CC(=O)OC1C(OCCc2ccc(O)c(O)c2)OC(CO)C(OC(=O)C=Cc2ccc(O)c(O)c2)C1OC1OC(C)C(OC2OC(CO)C(O)C(O)C2O)C(O)C1O. The topological polar surface area (TPSA) is 331 Å². The highest BCUT2D eigenvalue weighted by Crippen LogP contribution is 2.35. The Morgan fingerprint density at radius 1 is 0.655 bits per heavy atom. The van der Waals surface area contributed by atoms with Gasteiger partial charge in [-0.25, -0.2) is 4.79 Å². The van der Waals surface area contributed by atoms with Crippen LogP contribution >= 0.6 is 0 Å². The second-order valence-electron chi connectivity index (χ2n) is 13.8. The minimum absolute atomic E-state index is 0.121. The highest BCUT2D eigenvalue weighted by molar-refractivity contribution is 5.87. The summed E-state index contributed by atoms with van der Waals surface area (Å²) in [4.78, 5) is 25.7. The van der Waals surface area contributed by atoms with Gasteiger partial charge in [0, 0.05) is 13.0 Å². The Hall–Kier alpha value is -4.20. The first kappa shape index (κ1) is 44.9. The van der Waals surface area contributed by atoms with Gasteiger partial charge in [0.25, 0.3) is 0 Å². The number of carbonyl (C=O) groups is 2. The molecule has 15 atom stereocenters. The molecule has 3 aliphatic rings. The summed E-state index contributed by atoms with van der Waals surface area (Å²) in [5.74, 6) is -3.57. The van der Waals surface area contributed by atoms with E-state index in [1.54, 1.807) is 0 Å².